The number of carboxylic acids is 1. The van der Waals surface area contributed by atoms with Crippen LogP contribution < -0.4 is 10.6 Å². The van der Waals surface area contributed by atoms with Crippen molar-refractivity contribution in [2.75, 3.05) is 18.0 Å². The summed E-state index contributed by atoms with van der Waals surface area (Å²) in [5.41, 5.74) is 5.57. The van der Waals surface area contributed by atoms with E-state index in [2.05, 4.69) is 0 Å². The van der Waals surface area contributed by atoms with Crippen molar-refractivity contribution in [3.05, 3.63) is 29.6 Å². The molecule has 0 aromatic heterocycles. The van der Waals surface area contributed by atoms with Gasteiger partial charge >= 0.3 is 5.97 Å². The number of benzene rings is 1. The fourth-order valence-electron chi connectivity index (χ4n) is 2.72. The maximum atomic E-state index is 13.7. The van der Waals surface area contributed by atoms with E-state index in [0.29, 0.717) is 18.8 Å². The lowest BCUT2D eigenvalue weighted by Crippen LogP contribution is -2.37. The lowest BCUT2D eigenvalue weighted by molar-refractivity contribution is -0.138. The van der Waals surface area contributed by atoms with Gasteiger partial charge in [-0.3, -0.25) is 9.59 Å². The molecular formula is C14H17FN2O3. The summed E-state index contributed by atoms with van der Waals surface area (Å²) in [5.74, 6) is -2.29. The number of primary amides is 1. The number of nitrogens with zero attached hydrogens (tertiary/aromatic N) is 1. The first-order valence-corrected chi connectivity index (χ1v) is 6.54. The van der Waals surface area contributed by atoms with Gasteiger partial charge in [-0.2, -0.15) is 0 Å². The van der Waals surface area contributed by atoms with E-state index >= 15 is 0 Å². The van der Waals surface area contributed by atoms with Crippen LogP contribution in [-0.2, 0) is 4.79 Å². The molecule has 1 aliphatic heterocycles. The Morgan fingerprint density at radius 1 is 1.45 bits per heavy atom. The van der Waals surface area contributed by atoms with Crippen LogP contribution >= 0.6 is 0 Å². The van der Waals surface area contributed by atoms with Crippen molar-refractivity contribution < 1.29 is 19.1 Å². The second kappa shape index (κ2) is 5.90. The molecule has 0 saturated carbocycles. The van der Waals surface area contributed by atoms with Gasteiger partial charge in [0.2, 0.25) is 0 Å². The molecule has 1 aromatic carbocycles. The monoisotopic (exact) mass is 280 g/mol. The predicted octanol–water partition coefficient (Wildman–Crippen LogP) is 1.62. The predicted molar refractivity (Wildman–Crippen MR) is 72.1 cm³/mol. The Hall–Kier alpha value is -2.11. The van der Waals surface area contributed by atoms with E-state index in [9.17, 15) is 14.0 Å². The maximum absolute atomic E-state index is 13.7. The highest BCUT2D eigenvalue weighted by Crippen LogP contribution is 2.28. The molecular weight excluding hydrogens is 263 g/mol. The van der Waals surface area contributed by atoms with Crippen LogP contribution in [0, 0.1) is 11.7 Å². The van der Waals surface area contributed by atoms with Crippen molar-refractivity contribution in [1.29, 1.82) is 0 Å². The molecule has 5 nitrogen and oxygen atoms in total. The molecule has 0 spiro atoms. The molecule has 1 amide bonds. The molecule has 0 aliphatic carbocycles. The number of carboxylic acid groups (broad SMARTS) is 1. The fourth-order valence-corrected chi connectivity index (χ4v) is 2.72. The van der Waals surface area contributed by atoms with E-state index in [4.69, 9.17) is 10.8 Å². The number of amides is 1. The lowest BCUT2D eigenvalue weighted by atomic mass is 9.94. The van der Waals surface area contributed by atoms with Crippen molar-refractivity contribution in [1.82, 2.24) is 0 Å². The largest absolute Gasteiger partial charge is 0.481 e. The van der Waals surface area contributed by atoms with Gasteiger partial charge < -0.3 is 15.7 Å². The van der Waals surface area contributed by atoms with E-state index in [1.807, 2.05) is 4.90 Å². The van der Waals surface area contributed by atoms with Gasteiger partial charge in [0, 0.05) is 19.5 Å². The number of hydrogen-bond acceptors (Lipinski definition) is 3. The first-order valence-electron chi connectivity index (χ1n) is 6.54. The van der Waals surface area contributed by atoms with Gasteiger partial charge in [-0.25, -0.2) is 4.39 Å². The number of carbonyl (C=O) groups excluding carboxylic acids is 1. The molecule has 6 heteroatoms. The Kier molecular flexibility index (Phi) is 4.22. The number of nitrogens with two attached hydrogens (primary N) is 1. The van der Waals surface area contributed by atoms with Crippen LogP contribution in [0.1, 0.15) is 29.6 Å². The number of hydrogen-bond donors (Lipinski definition) is 2. The minimum absolute atomic E-state index is 0.00486. The van der Waals surface area contributed by atoms with E-state index in [-0.39, 0.29) is 17.9 Å². The minimum atomic E-state index is -0.841. The molecule has 3 N–H and O–H groups in total. The third-order valence-corrected chi connectivity index (χ3v) is 3.56. The number of aliphatic carboxylic acids is 1. The molecule has 1 unspecified atom stereocenters. The van der Waals surface area contributed by atoms with Crippen LogP contribution in [0.5, 0.6) is 0 Å². The molecule has 1 aromatic rings. The van der Waals surface area contributed by atoms with Gasteiger partial charge in [0.1, 0.15) is 5.82 Å². The van der Waals surface area contributed by atoms with E-state index in [0.717, 1.165) is 12.8 Å². The summed E-state index contributed by atoms with van der Waals surface area (Å²) < 4.78 is 13.7. The van der Waals surface area contributed by atoms with Crippen molar-refractivity contribution in [2.45, 2.75) is 19.3 Å². The zero-order valence-electron chi connectivity index (χ0n) is 11.0. The number of anilines is 1. The van der Waals surface area contributed by atoms with Crippen molar-refractivity contribution in [2.24, 2.45) is 11.7 Å². The standard InChI is InChI=1S/C14H17FN2O3/c15-10-4-1-5-11(13(10)14(16)20)17-6-2-3-9(8-17)7-12(18)19/h1,4-5,9H,2-3,6-8H2,(H2,16,20)(H,18,19). The van der Waals surface area contributed by atoms with Crippen LogP contribution in [0.3, 0.4) is 0 Å². The van der Waals surface area contributed by atoms with Gasteiger partial charge in [0.05, 0.1) is 11.3 Å². The van der Waals surface area contributed by atoms with Gasteiger partial charge in [-0.1, -0.05) is 6.07 Å². The van der Waals surface area contributed by atoms with Crippen LogP contribution in [0.15, 0.2) is 18.2 Å². The first kappa shape index (κ1) is 14.3. The van der Waals surface area contributed by atoms with Crippen LogP contribution in [0.2, 0.25) is 0 Å². The van der Waals surface area contributed by atoms with E-state index < -0.39 is 17.7 Å². The molecule has 1 atom stereocenters. The molecule has 20 heavy (non-hydrogen) atoms. The zero-order valence-corrected chi connectivity index (χ0v) is 11.0. The molecule has 1 saturated heterocycles. The number of halogens is 1. The summed E-state index contributed by atoms with van der Waals surface area (Å²) in [6, 6.07) is 4.37. The highest BCUT2D eigenvalue weighted by molar-refractivity contribution is 5.99. The smallest absolute Gasteiger partial charge is 0.303 e. The summed E-state index contributed by atoms with van der Waals surface area (Å²) in [5, 5.41) is 8.86. The highest BCUT2D eigenvalue weighted by Gasteiger charge is 2.25. The summed E-state index contributed by atoms with van der Waals surface area (Å²) in [4.78, 5) is 24.0. The second-order valence-corrected chi connectivity index (χ2v) is 5.05. The van der Waals surface area contributed by atoms with Crippen LogP contribution in [-0.4, -0.2) is 30.1 Å². The Morgan fingerprint density at radius 3 is 2.85 bits per heavy atom. The van der Waals surface area contributed by atoms with Gasteiger partial charge in [-0.15, -0.1) is 0 Å². The molecule has 2 rings (SSSR count). The van der Waals surface area contributed by atoms with Gasteiger partial charge in [-0.05, 0) is 30.9 Å². The average Bonchev–Trinajstić information content (AvgIpc) is 2.37. The molecule has 0 bridgehead atoms. The number of carbonyl (C=O) groups is 2. The molecule has 1 fully saturated rings. The first-order chi connectivity index (χ1) is 9.49. The summed E-state index contributed by atoms with van der Waals surface area (Å²) in [6.07, 6.45) is 1.72. The maximum Gasteiger partial charge on any atom is 0.303 e. The topological polar surface area (TPSA) is 83.6 Å². The summed E-state index contributed by atoms with van der Waals surface area (Å²) in [6.45, 7) is 1.16. The Labute approximate surface area is 116 Å². The van der Waals surface area contributed by atoms with E-state index in [1.165, 1.54) is 12.1 Å². The molecule has 1 heterocycles. The van der Waals surface area contributed by atoms with Gasteiger partial charge in [0.25, 0.3) is 5.91 Å². The normalized spacial score (nSPS) is 18.9. The van der Waals surface area contributed by atoms with Crippen molar-refractivity contribution in [3.63, 3.8) is 0 Å². The number of rotatable bonds is 4. The number of piperidine rings is 1. The summed E-state index contributed by atoms with van der Waals surface area (Å²) in [7, 11) is 0. The quantitative estimate of drug-likeness (QED) is 0.877. The Balaban J connectivity index is 2.25. The van der Waals surface area contributed by atoms with E-state index in [1.54, 1.807) is 6.07 Å². The minimum Gasteiger partial charge on any atom is -0.481 e. The third-order valence-electron chi connectivity index (χ3n) is 3.56. The Bertz CT molecular complexity index is 533. The zero-order chi connectivity index (χ0) is 14.7. The van der Waals surface area contributed by atoms with Crippen molar-refractivity contribution in [3.8, 4) is 0 Å². The SMILES string of the molecule is NC(=O)c1c(F)cccc1N1CCCC(CC(=O)O)C1. The van der Waals surface area contributed by atoms with Crippen LogP contribution in [0.25, 0.3) is 0 Å². The van der Waals surface area contributed by atoms with Crippen molar-refractivity contribution >= 4 is 17.6 Å². The van der Waals surface area contributed by atoms with Crippen LogP contribution in [0.4, 0.5) is 10.1 Å². The van der Waals surface area contributed by atoms with Gasteiger partial charge in [0.15, 0.2) is 0 Å². The fraction of sp³-hybridized carbons (Fsp3) is 0.429. The Morgan fingerprint density at radius 2 is 2.20 bits per heavy atom. The molecule has 108 valence electrons. The lowest BCUT2D eigenvalue weighted by Gasteiger charge is -2.34. The highest BCUT2D eigenvalue weighted by atomic mass is 19.1. The average molecular weight is 280 g/mol. The summed E-state index contributed by atoms with van der Waals surface area (Å²) >= 11 is 0. The molecule has 1 aliphatic rings. The molecule has 0 radical (unpaired) electrons. The third kappa shape index (κ3) is 3.07. The second-order valence-electron chi connectivity index (χ2n) is 5.05.